The summed E-state index contributed by atoms with van der Waals surface area (Å²) >= 11 is 0. The monoisotopic (exact) mass is 369 g/mol. The molecule has 1 heterocycles. The molecule has 0 saturated heterocycles. The van der Waals surface area contributed by atoms with E-state index in [1.807, 2.05) is 59.6 Å². The van der Waals surface area contributed by atoms with Crippen molar-refractivity contribution in [2.45, 2.75) is 12.5 Å². The van der Waals surface area contributed by atoms with Crippen LogP contribution in [-0.2, 0) is 0 Å². The first kappa shape index (κ1) is 17.7. The van der Waals surface area contributed by atoms with Gasteiger partial charge >= 0.3 is 0 Å². The number of nitro groups is 1. The van der Waals surface area contributed by atoms with Crippen molar-refractivity contribution in [2.75, 3.05) is 5.01 Å². The van der Waals surface area contributed by atoms with Crippen molar-refractivity contribution in [3.05, 3.63) is 112 Å². The Morgan fingerprint density at radius 1 is 0.929 bits per heavy atom. The molecule has 1 aliphatic rings. The maximum absolute atomic E-state index is 10.8. The maximum Gasteiger partial charge on any atom is 0.269 e. The van der Waals surface area contributed by atoms with Gasteiger partial charge in [0.2, 0.25) is 0 Å². The van der Waals surface area contributed by atoms with E-state index in [4.69, 9.17) is 5.10 Å². The molecule has 1 atom stereocenters. The lowest BCUT2D eigenvalue weighted by Gasteiger charge is -2.20. The third-order valence-electron chi connectivity index (χ3n) is 4.69. The normalized spacial score (nSPS) is 16.4. The fourth-order valence-corrected chi connectivity index (χ4v) is 3.24. The lowest BCUT2D eigenvalue weighted by molar-refractivity contribution is -0.384. The highest BCUT2D eigenvalue weighted by Crippen LogP contribution is 2.28. The third kappa shape index (κ3) is 3.83. The first-order chi connectivity index (χ1) is 13.7. The Hall–Kier alpha value is -3.73. The van der Waals surface area contributed by atoms with E-state index in [2.05, 4.69) is 18.2 Å². The number of para-hydroxylation sites is 1. The van der Waals surface area contributed by atoms with E-state index in [1.165, 1.54) is 12.1 Å². The van der Waals surface area contributed by atoms with E-state index in [1.54, 1.807) is 12.1 Å². The van der Waals surface area contributed by atoms with E-state index in [0.717, 1.165) is 28.9 Å². The van der Waals surface area contributed by atoms with Gasteiger partial charge in [-0.15, -0.1) is 0 Å². The number of nitrogens with zero attached hydrogens (tertiary/aromatic N) is 3. The Morgan fingerprint density at radius 3 is 2.21 bits per heavy atom. The summed E-state index contributed by atoms with van der Waals surface area (Å²) in [5.74, 6) is 0. The van der Waals surface area contributed by atoms with Gasteiger partial charge in [-0.2, -0.15) is 5.10 Å². The molecule has 0 aromatic heterocycles. The van der Waals surface area contributed by atoms with Crippen LogP contribution in [0.1, 0.15) is 17.5 Å². The summed E-state index contributed by atoms with van der Waals surface area (Å²) in [7, 11) is 0. The van der Waals surface area contributed by atoms with Crippen molar-refractivity contribution >= 4 is 23.2 Å². The Morgan fingerprint density at radius 2 is 1.57 bits per heavy atom. The predicted octanol–water partition coefficient (Wildman–Crippen LogP) is 5.29. The van der Waals surface area contributed by atoms with Gasteiger partial charge in [0, 0.05) is 18.6 Å². The molecule has 0 spiro atoms. The molecule has 0 fully saturated rings. The maximum atomic E-state index is 10.8. The van der Waals surface area contributed by atoms with Crippen LogP contribution in [0.2, 0.25) is 0 Å². The summed E-state index contributed by atoms with van der Waals surface area (Å²) in [6, 6.07) is 26.9. The van der Waals surface area contributed by atoms with Crippen LogP contribution < -0.4 is 5.01 Å². The van der Waals surface area contributed by atoms with Gasteiger partial charge in [0.15, 0.2) is 0 Å². The molecule has 5 nitrogen and oxygen atoms in total. The highest BCUT2D eigenvalue weighted by atomic mass is 16.6. The molecule has 1 aliphatic heterocycles. The lowest BCUT2D eigenvalue weighted by Crippen LogP contribution is -2.23. The first-order valence-electron chi connectivity index (χ1n) is 9.10. The fraction of sp³-hybridized carbons (Fsp3) is 0.0870. The van der Waals surface area contributed by atoms with Crippen LogP contribution in [-0.4, -0.2) is 16.7 Å². The number of hydrazone groups is 1. The number of non-ortho nitro benzene ring substituents is 1. The summed E-state index contributed by atoms with van der Waals surface area (Å²) in [4.78, 5) is 10.4. The quantitative estimate of drug-likeness (QED) is 0.453. The zero-order valence-electron chi connectivity index (χ0n) is 15.2. The number of hydrogen-bond acceptors (Lipinski definition) is 4. The van der Waals surface area contributed by atoms with Gasteiger partial charge in [0.25, 0.3) is 5.69 Å². The molecule has 4 rings (SSSR count). The molecule has 0 saturated carbocycles. The first-order valence-corrected chi connectivity index (χ1v) is 9.10. The Bertz CT molecular complexity index is 1010. The van der Waals surface area contributed by atoms with Gasteiger partial charge in [0.05, 0.1) is 22.4 Å². The highest BCUT2D eigenvalue weighted by Gasteiger charge is 2.26. The summed E-state index contributed by atoms with van der Waals surface area (Å²) < 4.78 is 0. The summed E-state index contributed by atoms with van der Waals surface area (Å²) in [6.45, 7) is 0. The summed E-state index contributed by atoms with van der Waals surface area (Å²) in [6.07, 6.45) is 4.89. The smallest absolute Gasteiger partial charge is 0.258 e. The lowest BCUT2D eigenvalue weighted by atomic mass is 10.0. The molecule has 138 valence electrons. The molecular weight excluding hydrogens is 350 g/mol. The SMILES string of the molecule is O=[N+]([O-])c1ccc(/C=C/C2CC(c3ccccc3)=NN2c2ccccc2)cc1. The molecule has 0 aliphatic carbocycles. The van der Waals surface area contributed by atoms with E-state index < -0.39 is 0 Å². The molecule has 0 N–H and O–H groups in total. The molecule has 28 heavy (non-hydrogen) atoms. The Kier molecular flexibility index (Phi) is 4.97. The minimum atomic E-state index is -0.387. The van der Waals surface area contributed by atoms with Gasteiger partial charge in [-0.1, -0.05) is 60.7 Å². The number of hydrogen-bond donors (Lipinski definition) is 0. The topological polar surface area (TPSA) is 58.7 Å². The molecule has 0 bridgehead atoms. The molecule has 3 aromatic carbocycles. The molecule has 5 heteroatoms. The standard InChI is InChI=1S/C23H19N3O2/c27-26(28)21-14-11-18(12-15-21)13-16-22-17-23(19-7-3-1-4-8-19)24-25(22)20-9-5-2-6-10-20/h1-16,22H,17H2/b16-13+. The van der Waals surface area contributed by atoms with Crippen LogP contribution in [0.4, 0.5) is 11.4 Å². The van der Waals surface area contributed by atoms with Crippen LogP contribution in [0.3, 0.4) is 0 Å². The average molecular weight is 369 g/mol. The predicted molar refractivity (Wildman–Crippen MR) is 112 cm³/mol. The van der Waals surface area contributed by atoms with Crippen LogP contribution in [0.5, 0.6) is 0 Å². The zero-order chi connectivity index (χ0) is 19.3. The molecule has 1 unspecified atom stereocenters. The largest absolute Gasteiger partial charge is 0.269 e. The van der Waals surface area contributed by atoms with Crippen molar-refractivity contribution < 1.29 is 4.92 Å². The summed E-state index contributed by atoms with van der Waals surface area (Å²) in [5, 5.41) is 17.7. The molecule has 3 aromatic rings. The third-order valence-corrected chi connectivity index (χ3v) is 4.69. The van der Waals surface area contributed by atoms with Gasteiger partial charge < -0.3 is 0 Å². The minimum absolute atomic E-state index is 0.0767. The second kappa shape index (κ2) is 7.88. The van der Waals surface area contributed by atoms with Crippen molar-refractivity contribution in [1.29, 1.82) is 0 Å². The van der Waals surface area contributed by atoms with Gasteiger partial charge in [-0.3, -0.25) is 15.1 Å². The van der Waals surface area contributed by atoms with Crippen molar-refractivity contribution in [3.8, 4) is 0 Å². The van der Waals surface area contributed by atoms with Crippen LogP contribution >= 0.6 is 0 Å². The zero-order valence-corrected chi connectivity index (χ0v) is 15.2. The molecular formula is C23H19N3O2. The van der Waals surface area contributed by atoms with Gasteiger partial charge in [-0.25, -0.2) is 0 Å². The van der Waals surface area contributed by atoms with E-state index in [0.29, 0.717) is 0 Å². The molecule has 0 amide bonds. The van der Waals surface area contributed by atoms with E-state index >= 15 is 0 Å². The number of anilines is 1. The van der Waals surface area contributed by atoms with Gasteiger partial charge in [0.1, 0.15) is 0 Å². The van der Waals surface area contributed by atoms with E-state index in [9.17, 15) is 10.1 Å². The van der Waals surface area contributed by atoms with Gasteiger partial charge in [-0.05, 0) is 35.4 Å². The molecule has 0 radical (unpaired) electrons. The Labute approximate surface area is 163 Å². The van der Waals surface area contributed by atoms with Crippen LogP contribution in [0.15, 0.2) is 96.1 Å². The summed E-state index contributed by atoms with van der Waals surface area (Å²) in [5.41, 5.74) is 4.22. The average Bonchev–Trinajstić information content (AvgIpc) is 3.18. The van der Waals surface area contributed by atoms with Crippen molar-refractivity contribution in [1.82, 2.24) is 0 Å². The van der Waals surface area contributed by atoms with E-state index in [-0.39, 0.29) is 16.7 Å². The number of benzene rings is 3. The second-order valence-electron chi connectivity index (χ2n) is 6.57. The van der Waals surface area contributed by atoms with Crippen LogP contribution in [0.25, 0.3) is 6.08 Å². The Balaban J connectivity index is 1.60. The van der Waals surface area contributed by atoms with Crippen molar-refractivity contribution in [3.63, 3.8) is 0 Å². The second-order valence-corrected chi connectivity index (χ2v) is 6.57. The number of nitro benzene ring substituents is 1. The minimum Gasteiger partial charge on any atom is -0.258 e. The van der Waals surface area contributed by atoms with Crippen LogP contribution in [0, 0.1) is 10.1 Å². The fourth-order valence-electron chi connectivity index (χ4n) is 3.24. The number of rotatable bonds is 5. The van der Waals surface area contributed by atoms with Crippen molar-refractivity contribution in [2.24, 2.45) is 5.10 Å². The highest BCUT2D eigenvalue weighted by molar-refractivity contribution is 6.03.